The third-order valence-corrected chi connectivity index (χ3v) is 3.80. The number of rotatable bonds is 0. The molecule has 1 aliphatic carbocycles. The Labute approximate surface area is 103 Å². The van der Waals surface area contributed by atoms with Gasteiger partial charge in [-0.15, -0.1) is 0 Å². The number of carbonyl (C=O) groups is 1. The number of likely N-dealkylation sites (tertiary alicyclic amines) is 1. The molecule has 0 aromatic heterocycles. The summed E-state index contributed by atoms with van der Waals surface area (Å²) in [5.41, 5.74) is 5.59. The molecular formula is C13H24N2O2. The topological polar surface area (TPSA) is 55.6 Å². The van der Waals surface area contributed by atoms with E-state index in [0.29, 0.717) is 17.9 Å². The predicted octanol–water partition coefficient (Wildman–Crippen LogP) is 1.98. The molecule has 4 nitrogen and oxygen atoms in total. The first-order valence-corrected chi connectivity index (χ1v) is 6.60. The summed E-state index contributed by atoms with van der Waals surface area (Å²) in [7, 11) is 0. The normalized spacial score (nSPS) is 33.4. The first kappa shape index (κ1) is 12.7. The molecule has 1 amide bonds. The number of ether oxygens (including phenoxy) is 1. The van der Waals surface area contributed by atoms with E-state index in [1.165, 1.54) is 0 Å². The smallest absolute Gasteiger partial charge is 0.410 e. The molecule has 2 fully saturated rings. The zero-order valence-corrected chi connectivity index (χ0v) is 11.1. The highest BCUT2D eigenvalue weighted by Crippen LogP contribution is 2.39. The van der Waals surface area contributed by atoms with Crippen molar-refractivity contribution >= 4 is 6.09 Å². The van der Waals surface area contributed by atoms with Gasteiger partial charge in [0.25, 0.3) is 0 Å². The molecule has 1 saturated heterocycles. The van der Waals surface area contributed by atoms with Crippen LogP contribution in [-0.2, 0) is 4.74 Å². The monoisotopic (exact) mass is 240 g/mol. The summed E-state index contributed by atoms with van der Waals surface area (Å²) in [6.07, 6.45) is 3.10. The Morgan fingerprint density at radius 1 is 1.41 bits per heavy atom. The Bertz CT molecular complexity index is 298. The van der Waals surface area contributed by atoms with Crippen molar-refractivity contribution < 1.29 is 9.53 Å². The highest BCUT2D eigenvalue weighted by Gasteiger charge is 2.41. The highest BCUT2D eigenvalue weighted by atomic mass is 16.6. The van der Waals surface area contributed by atoms with Gasteiger partial charge in [0.2, 0.25) is 0 Å². The molecule has 3 atom stereocenters. The minimum atomic E-state index is -0.404. The fraction of sp³-hybridized carbons (Fsp3) is 0.923. The molecule has 2 rings (SSSR count). The van der Waals surface area contributed by atoms with E-state index < -0.39 is 5.60 Å². The molecule has 0 radical (unpaired) electrons. The van der Waals surface area contributed by atoms with Crippen LogP contribution in [0.25, 0.3) is 0 Å². The lowest BCUT2D eigenvalue weighted by Gasteiger charge is -2.42. The minimum absolute atomic E-state index is 0.168. The van der Waals surface area contributed by atoms with Crippen molar-refractivity contribution in [3.63, 3.8) is 0 Å². The van der Waals surface area contributed by atoms with Crippen LogP contribution >= 0.6 is 0 Å². The molecule has 1 heterocycles. The molecule has 2 N–H and O–H groups in total. The summed E-state index contributed by atoms with van der Waals surface area (Å²) in [6, 6.07) is 0.360. The number of hydrogen-bond donors (Lipinski definition) is 1. The van der Waals surface area contributed by atoms with Gasteiger partial charge in [0.05, 0.1) is 0 Å². The Kier molecular flexibility index (Phi) is 3.34. The highest BCUT2D eigenvalue weighted by molar-refractivity contribution is 5.68. The van der Waals surface area contributed by atoms with E-state index in [1.54, 1.807) is 0 Å². The summed E-state index contributed by atoms with van der Waals surface area (Å²) in [4.78, 5) is 13.9. The van der Waals surface area contributed by atoms with Crippen LogP contribution in [0, 0.1) is 11.8 Å². The average Bonchev–Trinajstić information content (AvgIpc) is 2.34. The van der Waals surface area contributed by atoms with E-state index in [-0.39, 0.29) is 6.09 Å². The lowest BCUT2D eigenvalue weighted by Crippen LogP contribution is -2.50. The van der Waals surface area contributed by atoms with Crippen LogP contribution in [0.5, 0.6) is 0 Å². The van der Waals surface area contributed by atoms with Crippen molar-refractivity contribution in [3.8, 4) is 0 Å². The van der Waals surface area contributed by atoms with E-state index >= 15 is 0 Å². The number of amides is 1. The predicted molar refractivity (Wildman–Crippen MR) is 66.6 cm³/mol. The van der Waals surface area contributed by atoms with Crippen LogP contribution in [0.2, 0.25) is 0 Å². The Hall–Kier alpha value is -0.770. The first-order valence-electron chi connectivity index (χ1n) is 6.60. The second-order valence-corrected chi connectivity index (χ2v) is 6.39. The zero-order valence-electron chi connectivity index (χ0n) is 11.1. The molecule has 0 aromatic rings. The number of fused-ring (bicyclic) bond motifs is 1. The molecule has 0 aromatic carbocycles. The number of carbonyl (C=O) groups excluding carboxylic acids is 1. The van der Waals surface area contributed by atoms with E-state index in [2.05, 4.69) is 0 Å². The average molecular weight is 240 g/mol. The van der Waals surface area contributed by atoms with E-state index in [4.69, 9.17) is 10.5 Å². The van der Waals surface area contributed by atoms with Crippen molar-refractivity contribution in [2.75, 3.05) is 13.1 Å². The van der Waals surface area contributed by atoms with Crippen molar-refractivity contribution in [2.45, 2.75) is 51.7 Å². The van der Waals surface area contributed by atoms with Gasteiger partial charge in [-0.1, -0.05) is 0 Å². The molecule has 0 spiro atoms. The van der Waals surface area contributed by atoms with Crippen LogP contribution in [0.1, 0.15) is 40.0 Å². The summed E-state index contributed by atoms with van der Waals surface area (Å²) >= 11 is 0. The zero-order chi connectivity index (χ0) is 12.6. The summed E-state index contributed by atoms with van der Waals surface area (Å²) in [5.74, 6) is 1.22. The number of nitrogens with zero attached hydrogens (tertiary/aromatic N) is 1. The molecule has 3 unspecified atom stereocenters. The maximum Gasteiger partial charge on any atom is 0.410 e. The summed E-state index contributed by atoms with van der Waals surface area (Å²) in [6.45, 7) is 7.36. The second kappa shape index (κ2) is 4.48. The standard InChI is InChI=1S/C13H24N2O2/c1-13(2,3)17-12(16)15-6-4-5-10-9(8-15)7-11(10)14/h9-11H,4-8,14H2,1-3H3. The minimum Gasteiger partial charge on any atom is -0.444 e. The molecule has 1 aliphatic heterocycles. The van der Waals surface area contributed by atoms with Gasteiger partial charge in [-0.2, -0.15) is 0 Å². The Balaban J connectivity index is 1.91. The van der Waals surface area contributed by atoms with Gasteiger partial charge in [-0.25, -0.2) is 4.79 Å². The maximum absolute atomic E-state index is 12.0. The van der Waals surface area contributed by atoms with Gasteiger partial charge in [-0.05, 0) is 51.9 Å². The van der Waals surface area contributed by atoms with Crippen molar-refractivity contribution in [2.24, 2.45) is 17.6 Å². The Morgan fingerprint density at radius 2 is 2.12 bits per heavy atom. The van der Waals surface area contributed by atoms with Crippen LogP contribution in [0.4, 0.5) is 4.79 Å². The van der Waals surface area contributed by atoms with Crippen LogP contribution in [0.15, 0.2) is 0 Å². The third kappa shape index (κ3) is 2.92. The van der Waals surface area contributed by atoms with Crippen LogP contribution in [0.3, 0.4) is 0 Å². The van der Waals surface area contributed by atoms with E-state index in [1.807, 2.05) is 25.7 Å². The number of hydrogen-bond acceptors (Lipinski definition) is 3. The van der Waals surface area contributed by atoms with Crippen molar-refractivity contribution in [3.05, 3.63) is 0 Å². The van der Waals surface area contributed by atoms with Gasteiger partial charge in [0.15, 0.2) is 0 Å². The first-order chi connectivity index (χ1) is 7.87. The van der Waals surface area contributed by atoms with E-state index in [0.717, 1.165) is 32.4 Å². The van der Waals surface area contributed by atoms with Gasteiger partial charge in [0.1, 0.15) is 5.60 Å². The quantitative estimate of drug-likeness (QED) is 0.704. The van der Waals surface area contributed by atoms with Crippen molar-refractivity contribution in [1.82, 2.24) is 4.90 Å². The SMILES string of the molecule is CC(C)(C)OC(=O)N1CCCC2C(N)CC2C1. The van der Waals surface area contributed by atoms with Crippen LogP contribution in [-0.4, -0.2) is 35.7 Å². The summed E-state index contributed by atoms with van der Waals surface area (Å²) in [5, 5.41) is 0. The molecule has 0 bridgehead atoms. The lowest BCUT2D eigenvalue weighted by molar-refractivity contribution is 0.0175. The fourth-order valence-electron chi connectivity index (χ4n) is 2.90. The van der Waals surface area contributed by atoms with Crippen LogP contribution < -0.4 is 5.73 Å². The molecule has 4 heteroatoms. The van der Waals surface area contributed by atoms with Gasteiger partial charge in [0, 0.05) is 19.1 Å². The maximum atomic E-state index is 12.0. The largest absolute Gasteiger partial charge is 0.444 e. The fourth-order valence-corrected chi connectivity index (χ4v) is 2.90. The van der Waals surface area contributed by atoms with E-state index in [9.17, 15) is 4.79 Å². The molecule has 98 valence electrons. The third-order valence-electron chi connectivity index (χ3n) is 3.80. The van der Waals surface area contributed by atoms with Crippen molar-refractivity contribution in [1.29, 1.82) is 0 Å². The molecule has 17 heavy (non-hydrogen) atoms. The second-order valence-electron chi connectivity index (χ2n) is 6.39. The number of nitrogens with two attached hydrogens (primary N) is 1. The lowest BCUT2D eigenvalue weighted by atomic mass is 9.68. The van der Waals surface area contributed by atoms with Gasteiger partial charge in [-0.3, -0.25) is 0 Å². The molecule has 1 saturated carbocycles. The summed E-state index contributed by atoms with van der Waals surface area (Å²) < 4.78 is 5.42. The molecule has 2 aliphatic rings. The Morgan fingerprint density at radius 3 is 2.71 bits per heavy atom. The van der Waals surface area contributed by atoms with Gasteiger partial charge < -0.3 is 15.4 Å². The van der Waals surface area contributed by atoms with Gasteiger partial charge >= 0.3 is 6.09 Å². The molecular weight excluding hydrogens is 216 g/mol.